The number of anilines is 2. The van der Waals surface area contributed by atoms with E-state index in [-0.39, 0.29) is 24.3 Å². The molecule has 2 aliphatic rings. The third-order valence-electron chi connectivity index (χ3n) is 5.79. The molecule has 4 rings (SSSR count). The molecule has 0 amide bonds. The molecule has 0 radical (unpaired) electrons. The summed E-state index contributed by atoms with van der Waals surface area (Å²) in [5.74, 6) is 1.63. The Balaban J connectivity index is 1.59. The molecule has 2 aromatic rings. The van der Waals surface area contributed by atoms with E-state index in [2.05, 4.69) is 24.9 Å². The third-order valence-corrected chi connectivity index (χ3v) is 5.79. The Kier molecular flexibility index (Phi) is 5.96. The Bertz CT molecular complexity index is 931. The van der Waals surface area contributed by atoms with Gasteiger partial charge in [-0.05, 0) is 48.4 Å². The maximum absolute atomic E-state index is 12.6. The van der Waals surface area contributed by atoms with Crippen molar-refractivity contribution >= 4 is 11.8 Å². The van der Waals surface area contributed by atoms with E-state index < -0.39 is 6.36 Å². The lowest BCUT2D eigenvalue weighted by molar-refractivity contribution is -0.274. The highest BCUT2D eigenvalue weighted by Gasteiger charge is 2.32. The first-order chi connectivity index (χ1) is 14.7. The Morgan fingerprint density at radius 3 is 2.61 bits per heavy atom. The molecule has 0 spiro atoms. The first kappa shape index (κ1) is 21.7. The summed E-state index contributed by atoms with van der Waals surface area (Å²) in [5, 5.41) is 12.9. The highest BCUT2D eigenvalue weighted by Crippen LogP contribution is 2.40. The second-order valence-corrected chi connectivity index (χ2v) is 8.58. The van der Waals surface area contributed by atoms with Crippen LogP contribution in [0.5, 0.6) is 5.75 Å². The summed E-state index contributed by atoms with van der Waals surface area (Å²) in [6.45, 7) is 5.16. The summed E-state index contributed by atoms with van der Waals surface area (Å²) in [4.78, 5) is 11.4. The van der Waals surface area contributed by atoms with E-state index in [1.807, 2.05) is 19.9 Å². The van der Waals surface area contributed by atoms with E-state index in [1.54, 1.807) is 6.07 Å². The molecule has 0 unspecified atom stereocenters. The molecule has 1 fully saturated rings. The van der Waals surface area contributed by atoms with Crippen LogP contribution in [-0.4, -0.2) is 40.6 Å². The molecule has 1 aromatic heterocycles. The van der Waals surface area contributed by atoms with Gasteiger partial charge in [-0.25, -0.2) is 4.98 Å². The van der Waals surface area contributed by atoms with Crippen molar-refractivity contribution in [3.05, 3.63) is 41.1 Å². The summed E-state index contributed by atoms with van der Waals surface area (Å²) in [6.07, 6.45) is -1.83. The molecule has 1 aliphatic heterocycles. The predicted octanol–water partition coefficient (Wildman–Crippen LogP) is 4.24. The monoisotopic (exact) mass is 436 g/mol. The molecular formula is C22H27F3N4O2. The number of ether oxygens (including phenoxy) is 1. The average molecular weight is 436 g/mol. The molecule has 2 N–H and O–H groups in total. The van der Waals surface area contributed by atoms with Crippen LogP contribution in [-0.2, 0) is 13.0 Å². The van der Waals surface area contributed by atoms with Gasteiger partial charge in [-0.15, -0.1) is 13.2 Å². The van der Waals surface area contributed by atoms with Crippen LogP contribution in [0.3, 0.4) is 0 Å². The van der Waals surface area contributed by atoms with Crippen LogP contribution in [0.15, 0.2) is 24.3 Å². The number of aliphatic hydroxyl groups is 1. The van der Waals surface area contributed by atoms with Crippen LogP contribution in [0.1, 0.15) is 49.4 Å². The van der Waals surface area contributed by atoms with Crippen molar-refractivity contribution < 1.29 is 23.0 Å². The van der Waals surface area contributed by atoms with Gasteiger partial charge in [-0.3, -0.25) is 0 Å². The number of halogens is 3. The van der Waals surface area contributed by atoms with Crippen molar-refractivity contribution in [3.63, 3.8) is 0 Å². The lowest BCUT2D eigenvalue weighted by Crippen LogP contribution is -2.33. The lowest BCUT2D eigenvalue weighted by atomic mass is 9.99. The molecule has 9 heteroatoms. The number of alkyl halides is 3. The zero-order valence-electron chi connectivity index (χ0n) is 17.6. The van der Waals surface area contributed by atoms with Crippen molar-refractivity contribution in [2.75, 3.05) is 23.4 Å². The van der Waals surface area contributed by atoms with E-state index >= 15 is 0 Å². The first-order valence-electron chi connectivity index (χ1n) is 10.6. The molecule has 31 heavy (non-hydrogen) atoms. The second kappa shape index (κ2) is 8.53. The molecule has 1 aromatic carbocycles. The van der Waals surface area contributed by atoms with Gasteiger partial charge in [0.2, 0.25) is 5.95 Å². The zero-order chi connectivity index (χ0) is 22.2. The van der Waals surface area contributed by atoms with Crippen LogP contribution in [0.4, 0.5) is 24.9 Å². The molecule has 1 saturated carbocycles. The Morgan fingerprint density at radius 2 is 1.97 bits per heavy atom. The Labute approximate surface area is 179 Å². The minimum atomic E-state index is -4.71. The molecule has 2 heterocycles. The largest absolute Gasteiger partial charge is 0.573 e. The smallest absolute Gasteiger partial charge is 0.406 e. The van der Waals surface area contributed by atoms with Gasteiger partial charge >= 0.3 is 6.36 Å². The Hall–Kier alpha value is -2.55. The number of aliphatic hydroxyl groups excluding tert-OH is 1. The maximum Gasteiger partial charge on any atom is 0.573 e. The third kappa shape index (κ3) is 5.39. The number of nitrogens with one attached hydrogen (secondary N) is 1. The van der Waals surface area contributed by atoms with Gasteiger partial charge in [-0.1, -0.05) is 19.9 Å². The minimum absolute atomic E-state index is 0.0247. The number of benzene rings is 1. The maximum atomic E-state index is 12.6. The molecule has 0 saturated heterocycles. The van der Waals surface area contributed by atoms with Crippen molar-refractivity contribution in [2.45, 2.75) is 58.0 Å². The SMILES string of the molecule is CC(C)[C@H](CO)Nc1nc(C2CC2)cc(N2CCc3ccc(OC(F)(F)F)cc3C2)n1. The fourth-order valence-electron chi connectivity index (χ4n) is 3.78. The van der Waals surface area contributed by atoms with Crippen molar-refractivity contribution in [2.24, 2.45) is 5.92 Å². The zero-order valence-corrected chi connectivity index (χ0v) is 17.6. The van der Waals surface area contributed by atoms with E-state index in [0.717, 1.165) is 35.5 Å². The Morgan fingerprint density at radius 1 is 1.19 bits per heavy atom. The number of rotatable bonds is 7. The fraction of sp³-hybridized carbons (Fsp3) is 0.545. The highest BCUT2D eigenvalue weighted by molar-refractivity contribution is 5.50. The number of nitrogens with zero attached hydrogens (tertiary/aromatic N) is 3. The average Bonchev–Trinajstić information content (AvgIpc) is 3.55. The van der Waals surface area contributed by atoms with E-state index in [0.29, 0.717) is 31.4 Å². The summed E-state index contributed by atoms with van der Waals surface area (Å²) in [7, 11) is 0. The van der Waals surface area contributed by atoms with Gasteiger partial charge < -0.3 is 20.1 Å². The lowest BCUT2D eigenvalue weighted by Gasteiger charge is -2.31. The molecule has 168 valence electrons. The van der Waals surface area contributed by atoms with Crippen LogP contribution < -0.4 is 15.0 Å². The van der Waals surface area contributed by atoms with Crippen LogP contribution >= 0.6 is 0 Å². The standard InChI is InChI=1S/C22H27F3N4O2/c1-13(2)19(12-30)27-21-26-18(15-3-4-15)10-20(28-21)29-8-7-14-5-6-17(9-16(14)11-29)31-22(23,24)25/h5-6,9-10,13,15,19,30H,3-4,7-8,11-12H2,1-2H3,(H,26,27,28)/t19-/m0/s1. The molecule has 0 bridgehead atoms. The highest BCUT2D eigenvalue weighted by atomic mass is 19.4. The normalized spacial score (nSPS) is 17.5. The summed E-state index contributed by atoms with van der Waals surface area (Å²) < 4.78 is 41.9. The number of hydrogen-bond acceptors (Lipinski definition) is 6. The number of aromatic nitrogens is 2. The van der Waals surface area contributed by atoms with Crippen LogP contribution in [0.25, 0.3) is 0 Å². The molecule has 1 aliphatic carbocycles. The predicted molar refractivity (Wildman–Crippen MR) is 111 cm³/mol. The summed E-state index contributed by atoms with van der Waals surface area (Å²) in [6, 6.07) is 6.34. The summed E-state index contributed by atoms with van der Waals surface area (Å²) in [5.41, 5.74) is 2.78. The summed E-state index contributed by atoms with van der Waals surface area (Å²) >= 11 is 0. The van der Waals surface area contributed by atoms with E-state index in [4.69, 9.17) is 0 Å². The number of fused-ring (bicyclic) bond motifs is 1. The van der Waals surface area contributed by atoms with Crippen LogP contribution in [0.2, 0.25) is 0 Å². The van der Waals surface area contributed by atoms with Gasteiger partial charge in [0.15, 0.2) is 0 Å². The quantitative estimate of drug-likeness (QED) is 0.677. The molecule has 6 nitrogen and oxygen atoms in total. The van der Waals surface area contributed by atoms with Gasteiger partial charge in [0.25, 0.3) is 0 Å². The second-order valence-electron chi connectivity index (χ2n) is 8.58. The number of hydrogen-bond donors (Lipinski definition) is 2. The molecular weight excluding hydrogens is 409 g/mol. The van der Waals surface area contributed by atoms with E-state index in [1.165, 1.54) is 12.1 Å². The topological polar surface area (TPSA) is 70.5 Å². The van der Waals surface area contributed by atoms with Crippen molar-refractivity contribution in [1.29, 1.82) is 0 Å². The van der Waals surface area contributed by atoms with Crippen molar-refractivity contribution in [3.8, 4) is 5.75 Å². The van der Waals surface area contributed by atoms with Crippen molar-refractivity contribution in [1.82, 2.24) is 9.97 Å². The fourth-order valence-corrected chi connectivity index (χ4v) is 3.78. The van der Waals surface area contributed by atoms with Crippen LogP contribution in [0, 0.1) is 5.92 Å². The molecule has 1 atom stereocenters. The van der Waals surface area contributed by atoms with Gasteiger partial charge in [0.1, 0.15) is 11.6 Å². The van der Waals surface area contributed by atoms with Gasteiger partial charge in [0, 0.05) is 25.1 Å². The van der Waals surface area contributed by atoms with Gasteiger partial charge in [0.05, 0.1) is 18.3 Å². The van der Waals surface area contributed by atoms with E-state index in [9.17, 15) is 18.3 Å². The van der Waals surface area contributed by atoms with Gasteiger partial charge in [-0.2, -0.15) is 4.98 Å². The first-order valence-corrected chi connectivity index (χ1v) is 10.6. The minimum Gasteiger partial charge on any atom is -0.406 e.